The Morgan fingerprint density at radius 2 is 1.86 bits per heavy atom. The Morgan fingerprint density at radius 1 is 1.19 bits per heavy atom. The van der Waals surface area contributed by atoms with Crippen molar-refractivity contribution in [3.8, 4) is 0 Å². The van der Waals surface area contributed by atoms with E-state index in [4.69, 9.17) is 19.3 Å². The predicted molar refractivity (Wildman–Crippen MR) is 72.7 cm³/mol. The summed E-state index contributed by atoms with van der Waals surface area (Å²) in [6, 6.07) is 0. The summed E-state index contributed by atoms with van der Waals surface area (Å²) < 4.78 is 16.2. The maximum Gasteiger partial charge on any atom is 0.331 e. The van der Waals surface area contributed by atoms with E-state index in [1.54, 1.807) is 0 Å². The molecule has 118 valence electrons. The molecule has 0 aliphatic carbocycles. The van der Waals surface area contributed by atoms with Crippen molar-refractivity contribution in [3.63, 3.8) is 0 Å². The van der Waals surface area contributed by atoms with E-state index in [0.717, 1.165) is 51.0 Å². The fraction of sp³-hybridized carbons (Fsp3) is 0.714. The molecule has 2 fully saturated rings. The van der Waals surface area contributed by atoms with Gasteiger partial charge in [-0.05, 0) is 6.42 Å². The lowest BCUT2D eigenvalue weighted by Gasteiger charge is -2.37. The lowest BCUT2D eigenvalue weighted by Crippen LogP contribution is -2.45. The van der Waals surface area contributed by atoms with Crippen molar-refractivity contribution in [1.29, 1.82) is 0 Å². The van der Waals surface area contributed by atoms with Crippen LogP contribution in [0.15, 0.2) is 12.2 Å². The number of carbonyl (C=O) groups excluding carboxylic acids is 1. The molecule has 2 aliphatic heterocycles. The number of carboxylic acid groups (broad SMARTS) is 1. The molecule has 7 heteroatoms. The Hall–Kier alpha value is -1.44. The number of ether oxygens (including phenoxy) is 3. The molecule has 0 amide bonds. The zero-order valence-corrected chi connectivity index (χ0v) is 12.0. The van der Waals surface area contributed by atoms with Gasteiger partial charge in [0.25, 0.3) is 0 Å². The molecule has 2 rings (SSSR count). The number of hydrogen-bond donors (Lipinski definition) is 1. The van der Waals surface area contributed by atoms with Crippen molar-refractivity contribution in [3.05, 3.63) is 12.2 Å². The number of aliphatic carboxylic acids is 1. The van der Waals surface area contributed by atoms with Crippen LogP contribution in [0.25, 0.3) is 0 Å². The normalized spacial score (nSPS) is 21.9. The molecule has 0 unspecified atom stereocenters. The van der Waals surface area contributed by atoms with Gasteiger partial charge in [-0.25, -0.2) is 9.59 Å². The lowest BCUT2D eigenvalue weighted by molar-refractivity contribution is -0.185. The molecule has 2 saturated heterocycles. The first-order valence-corrected chi connectivity index (χ1v) is 7.18. The van der Waals surface area contributed by atoms with Gasteiger partial charge in [-0.3, -0.25) is 0 Å². The Morgan fingerprint density at radius 3 is 2.48 bits per heavy atom. The van der Waals surface area contributed by atoms with Crippen molar-refractivity contribution in [1.82, 2.24) is 4.90 Å². The van der Waals surface area contributed by atoms with Gasteiger partial charge in [0.15, 0.2) is 5.79 Å². The van der Waals surface area contributed by atoms with E-state index in [9.17, 15) is 9.59 Å². The molecule has 0 bridgehead atoms. The third-order valence-corrected chi connectivity index (χ3v) is 3.66. The second-order valence-corrected chi connectivity index (χ2v) is 5.14. The van der Waals surface area contributed by atoms with Gasteiger partial charge in [0.1, 0.15) is 0 Å². The minimum Gasteiger partial charge on any atom is -0.478 e. The number of nitrogens with zero attached hydrogens (tertiary/aromatic N) is 1. The smallest absolute Gasteiger partial charge is 0.331 e. The highest BCUT2D eigenvalue weighted by Gasteiger charge is 2.39. The van der Waals surface area contributed by atoms with Crippen LogP contribution in [-0.2, 0) is 23.8 Å². The predicted octanol–water partition coefficient (Wildman–Crippen LogP) is 0.399. The van der Waals surface area contributed by atoms with Crippen LogP contribution in [0, 0.1) is 0 Å². The van der Waals surface area contributed by atoms with E-state index in [-0.39, 0.29) is 12.4 Å². The lowest BCUT2D eigenvalue weighted by atomic mass is 10.0. The Bertz CT molecular complexity index is 392. The number of carboxylic acids is 1. The molecule has 0 aromatic carbocycles. The van der Waals surface area contributed by atoms with Crippen LogP contribution < -0.4 is 0 Å². The minimum absolute atomic E-state index is 0.289. The molecule has 0 aromatic rings. The Kier molecular flexibility index (Phi) is 5.72. The van der Waals surface area contributed by atoms with Crippen LogP contribution >= 0.6 is 0 Å². The summed E-state index contributed by atoms with van der Waals surface area (Å²) in [5.41, 5.74) is 0. The molecule has 0 saturated carbocycles. The van der Waals surface area contributed by atoms with Gasteiger partial charge >= 0.3 is 11.9 Å². The maximum atomic E-state index is 11.1. The van der Waals surface area contributed by atoms with Gasteiger partial charge in [-0.15, -0.1) is 0 Å². The minimum atomic E-state index is -1.16. The summed E-state index contributed by atoms with van der Waals surface area (Å²) in [7, 11) is 0. The number of hydrogen-bond acceptors (Lipinski definition) is 6. The van der Waals surface area contributed by atoms with Crippen LogP contribution in [-0.4, -0.2) is 67.2 Å². The van der Waals surface area contributed by atoms with Gasteiger partial charge in [-0.2, -0.15) is 0 Å². The summed E-state index contributed by atoms with van der Waals surface area (Å²) in [4.78, 5) is 23.7. The number of rotatable bonds is 6. The van der Waals surface area contributed by atoms with Gasteiger partial charge in [0.05, 0.1) is 19.8 Å². The molecular weight excluding hydrogens is 278 g/mol. The van der Waals surface area contributed by atoms with Crippen molar-refractivity contribution >= 4 is 11.9 Å². The molecule has 21 heavy (non-hydrogen) atoms. The van der Waals surface area contributed by atoms with Crippen molar-refractivity contribution in [2.45, 2.75) is 25.0 Å². The number of carbonyl (C=O) groups is 2. The van der Waals surface area contributed by atoms with E-state index < -0.39 is 11.9 Å². The van der Waals surface area contributed by atoms with Crippen LogP contribution in [0.2, 0.25) is 0 Å². The molecule has 2 aliphatic rings. The monoisotopic (exact) mass is 299 g/mol. The average molecular weight is 299 g/mol. The Labute approximate surface area is 123 Å². The highest BCUT2D eigenvalue weighted by molar-refractivity contribution is 5.90. The van der Waals surface area contributed by atoms with Crippen molar-refractivity contribution in [2.75, 3.05) is 39.5 Å². The first kappa shape index (κ1) is 15.9. The summed E-state index contributed by atoms with van der Waals surface area (Å²) in [6.07, 6.45) is 4.15. The second kappa shape index (κ2) is 7.53. The fourth-order valence-corrected chi connectivity index (χ4v) is 2.55. The maximum absolute atomic E-state index is 11.1. The molecular formula is C14H21NO6. The number of likely N-dealkylation sites (tertiary alicyclic amines) is 1. The molecule has 1 N–H and O–H groups in total. The molecule has 0 aromatic heterocycles. The topological polar surface area (TPSA) is 85.3 Å². The first-order valence-electron chi connectivity index (χ1n) is 7.18. The quantitative estimate of drug-likeness (QED) is 0.431. The van der Waals surface area contributed by atoms with E-state index >= 15 is 0 Å². The molecule has 2 heterocycles. The van der Waals surface area contributed by atoms with E-state index in [0.29, 0.717) is 13.2 Å². The summed E-state index contributed by atoms with van der Waals surface area (Å²) in [5.74, 6) is -2.14. The van der Waals surface area contributed by atoms with Crippen LogP contribution in [0.5, 0.6) is 0 Å². The van der Waals surface area contributed by atoms with Crippen LogP contribution in [0.1, 0.15) is 19.3 Å². The fourth-order valence-electron chi connectivity index (χ4n) is 2.55. The average Bonchev–Trinajstić information content (AvgIpc) is 2.92. The van der Waals surface area contributed by atoms with Gasteiger partial charge < -0.3 is 24.2 Å². The zero-order valence-electron chi connectivity index (χ0n) is 12.0. The standard InChI is InChI=1S/C14H21NO6/c16-12(17)2-3-13(18)19-9-1-6-15-7-4-14(5-8-15)20-10-11-21-14/h2-3H,1,4-11H2,(H,16,17)/b3-2+. The second-order valence-electron chi connectivity index (χ2n) is 5.14. The SMILES string of the molecule is O=C(O)/C=C/C(=O)OCCCN1CCC2(CC1)OCCO2. The van der Waals surface area contributed by atoms with Crippen molar-refractivity contribution < 1.29 is 28.9 Å². The van der Waals surface area contributed by atoms with Crippen LogP contribution in [0.4, 0.5) is 0 Å². The molecule has 1 spiro atoms. The number of piperidine rings is 1. The third kappa shape index (κ3) is 5.11. The first-order chi connectivity index (χ1) is 10.1. The zero-order chi connectivity index (χ0) is 15.1. The molecule has 0 atom stereocenters. The van der Waals surface area contributed by atoms with Gasteiger partial charge in [0.2, 0.25) is 0 Å². The highest BCUT2D eigenvalue weighted by atomic mass is 16.7. The van der Waals surface area contributed by atoms with Gasteiger partial charge in [0, 0.05) is 44.6 Å². The Balaban J connectivity index is 1.56. The highest BCUT2D eigenvalue weighted by Crippen LogP contribution is 2.31. The van der Waals surface area contributed by atoms with Gasteiger partial charge in [-0.1, -0.05) is 0 Å². The summed E-state index contributed by atoms with van der Waals surface area (Å²) in [6.45, 7) is 4.31. The van der Waals surface area contributed by atoms with E-state index in [1.807, 2.05) is 0 Å². The van der Waals surface area contributed by atoms with E-state index in [2.05, 4.69) is 4.90 Å². The molecule has 0 radical (unpaired) electrons. The summed E-state index contributed by atoms with van der Waals surface area (Å²) in [5, 5.41) is 8.37. The third-order valence-electron chi connectivity index (χ3n) is 3.66. The van der Waals surface area contributed by atoms with Crippen molar-refractivity contribution in [2.24, 2.45) is 0 Å². The van der Waals surface area contributed by atoms with E-state index in [1.165, 1.54) is 0 Å². The summed E-state index contributed by atoms with van der Waals surface area (Å²) >= 11 is 0. The van der Waals surface area contributed by atoms with Crippen LogP contribution in [0.3, 0.4) is 0 Å². The molecule has 7 nitrogen and oxygen atoms in total. The largest absolute Gasteiger partial charge is 0.478 e. The number of esters is 1.